The van der Waals surface area contributed by atoms with E-state index in [1.54, 1.807) is 36.5 Å². The van der Waals surface area contributed by atoms with Gasteiger partial charge in [-0.1, -0.05) is 54.1 Å². The number of hydrogen-bond acceptors (Lipinski definition) is 9. The Bertz CT molecular complexity index is 2450. The number of aldehydes is 1. The zero-order chi connectivity index (χ0) is 42.0. The Morgan fingerprint density at radius 1 is 1.00 bits per heavy atom. The van der Waals surface area contributed by atoms with Gasteiger partial charge in [0.25, 0.3) is 5.91 Å². The van der Waals surface area contributed by atoms with Gasteiger partial charge in [-0.25, -0.2) is 9.97 Å². The third-order valence-electron chi connectivity index (χ3n) is 11.0. The van der Waals surface area contributed by atoms with Crippen LogP contribution in [0.1, 0.15) is 95.2 Å². The van der Waals surface area contributed by atoms with Crippen molar-refractivity contribution in [2.45, 2.75) is 76.4 Å². The van der Waals surface area contributed by atoms with Crippen molar-refractivity contribution in [2.75, 3.05) is 25.5 Å². The van der Waals surface area contributed by atoms with Crippen molar-refractivity contribution >= 4 is 58.2 Å². The lowest BCUT2D eigenvalue weighted by atomic mass is 10.0. The van der Waals surface area contributed by atoms with Gasteiger partial charge in [0.1, 0.15) is 41.6 Å². The predicted octanol–water partition coefficient (Wildman–Crippen LogP) is 7.09. The van der Waals surface area contributed by atoms with E-state index in [9.17, 15) is 24.0 Å². The molecule has 1 saturated heterocycles. The van der Waals surface area contributed by atoms with E-state index in [0.717, 1.165) is 49.5 Å². The summed E-state index contributed by atoms with van der Waals surface area (Å²) < 4.78 is 5.88. The van der Waals surface area contributed by atoms with Crippen molar-refractivity contribution in [1.29, 1.82) is 0 Å². The number of ketones is 1. The maximum atomic E-state index is 13.8. The summed E-state index contributed by atoms with van der Waals surface area (Å²) in [6, 6.07) is 19.1. The number of carbonyl (C=O) groups is 5. The van der Waals surface area contributed by atoms with E-state index < -0.39 is 6.04 Å². The molecule has 0 bridgehead atoms. The number of amides is 3. The quantitative estimate of drug-likeness (QED) is 0.0408. The molecule has 60 heavy (non-hydrogen) atoms. The van der Waals surface area contributed by atoms with E-state index in [1.165, 1.54) is 18.3 Å². The lowest BCUT2D eigenvalue weighted by molar-refractivity contribution is -0.132. The third kappa shape index (κ3) is 9.50. The summed E-state index contributed by atoms with van der Waals surface area (Å²) in [5, 5.41) is 6.97. The molecule has 0 radical (unpaired) electrons. The number of ether oxygens (including phenoxy) is 1. The summed E-state index contributed by atoms with van der Waals surface area (Å²) in [7, 11) is 1.52. The minimum atomic E-state index is -0.724. The van der Waals surface area contributed by atoms with E-state index in [1.807, 2.05) is 41.3 Å². The second-order valence-electron chi connectivity index (χ2n) is 14.8. The number of piperidine rings is 1. The van der Waals surface area contributed by atoms with Gasteiger partial charge >= 0.3 is 0 Å². The molecular weight excluding hydrogens is 782 g/mol. The minimum absolute atomic E-state index is 0.0494. The molecule has 0 aliphatic carbocycles. The van der Waals surface area contributed by atoms with Gasteiger partial charge < -0.3 is 34.9 Å². The molecule has 3 amide bonds. The molecule has 5 aromatic rings. The zero-order valence-corrected chi connectivity index (χ0v) is 34.1. The molecular formula is C46H46ClN7O6. The number of halogens is 1. The molecule has 3 aromatic carbocycles. The Kier molecular flexibility index (Phi) is 13.5. The number of carbonyl (C=O) groups excluding carboxylic acids is 5. The van der Waals surface area contributed by atoms with Crippen molar-refractivity contribution in [1.82, 2.24) is 30.1 Å². The van der Waals surface area contributed by atoms with Gasteiger partial charge in [-0.3, -0.25) is 19.2 Å². The van der Waals surface area contributed by atoms with Crippen LogP contribution in [0, 0.1) is 11.8 Å². The molecule has 14 heteroatoms. The fraction of sp³-hybridized carbons (Fsp3) is 0.326. The summed E-state index contributed by atoms with van der Waals surface area (Å²) in [6.45, 7) is 1.50. The first-order valence-electron chi connectivity index (χ1n) is 20.3. The van der Waals surface area contributed by atoms with Gasteiger partial charge in [-0.05, 0) is 74.1 Å². The van der Waals surface area contributed by atoms with Crippen molar-refractivity contribution in [3.8, 4) is 23.3 Å². The highest BCUT2D eigenvalue weighted by Gasteiger charge is 2.36. The van der Waals surface area contributed by atoms with Crippen LogP contribution in [0.4, 0.5) is 5.82 Å². The number of hydrogen-bond donors (Lipinski definition) is 3. The van der Waals surface area contributed by atoms with Crippen molar-refractivity contribution in [3.05, 3.63) is 112 Å². The highest BCUT2D eigenvalue weighted by atomic mass is 35.5. The first-order valence-corrected chi connectivity index (χ1v) is 20.6. The van der Waals surface area contributed by atoms with Crippen LogP contribution in [0.3, 0.4) is 0 Å². The smallest absolute Gasteiger partial charge is 0.255 e. The molecule has 308 valence electrons. The lowest BCUT2D eigenvalue weighted by Gasteiger charge is -2.33. The number of aromatic nitrogens is 3. The molecule has 2 aliphatic heterocycles. The van der Waals surface area contributed by atoms with Crippen LogP contribution in [0.5, 0.6) is 11.5 Å². The minimum Gasteiger partial charge on any atom is -0.457 e. The molecule has 0 spiro atoms. The summed E-state index contributed by atoms with van der Waals surface area (Å²) in [5.41, 5.74) is 3.35. The molecule has 1 fully saturated rings. The lowest BCUT2D eigenvalue weighted by Crippen LogP contribution is -2.46. The Hall–Kier alpha value is -6.52. The molecule has 4 heterocycles. The Morgan fingerprint density at radius 3 is 2.58 bits per heavy atom. The molecule has 2 aliphatic rings. The van der Waals surface area contributed by atoms with Gasteiger partial charge in [-0.15, -0.1) is 0 Å². The summed E-state index contributed by atoms with van der Waals surface area (Å²) in [5.74, 6) is 7.51. The molecule has 0 saturated carbocycles. The Labute approximate surface area is 353 Å². The van der Waals surface area contributed by atoms with E-state index in [-0.39, 0.29) is 54.0 Å². The second kappa shape index (κ2) is 19.5. The van der Waals surface area contributed by atoms with Crippen LogP contribution in [-0.4, -0.2) is 86.8 Å². The molecule has 1 atom stereocenters. The number of unbranched alkanes of at least 4 members (excludes halogenated alkanes) is 3. The Balaban J connectivity index is 0.866. The number of nitrogens with zero attached hydrogens (tertiary/aromatic N) is 4. The standard InChI is InChI=1S/C46H46ClN7O6/c1-48-45(58)39(17-11-25-55)54-28-37-30(13-10-16-34(37)46(54)59)12-6-3-2-4-9-18-40(56)53-23-21-31(22-24-53)52-44-41-36(27-49-43(41)50-29-51-44)42(57)35-20-19-33(26-38(35)47)60-32-14-7-5-8-15-32/h5,7-8,10,13-16,19-20,25-27,29,31,39H,2-4,9,11,17-18,21-24,28H2,1H3,(H,48,58)(H2,49,50,51,52). The second-order valence-corrected chi connectivity index (χ2v) is 15.2. The first kappa shape index (κ1) is 41.6. The van der Waals surface area contributed by atoms with E-state index >= 15 is 0 Å². The average Bonchev–Trinajstić information content (AvgIpc) is 3.86. The number of likely N-dealkylation sites (N-methyl/N-ethyl adjacent to an activating group) is 1. The van der Waals surface area contributed by atoms with Crippen LogP contribution in [0.25, 0.3) is 11.0 Å². The van der Waals surface area contributed by atoms with E-state index in [2.05, 4.69) is 37.4 Å². The number of benzene rings is 3. The topological polar surface area (TPSA) is 167 Å². The number of aromatic amines is 1. The number of H-pyrrole nitrogens is 1. The molecule has 13 nitrogen and oxygen atoms in total. The van der Waals surface area contributed by atoms with Crippen molar-refractivity contribution in [3.63, 3.8) is 0 Å². The van der Waals surface area contributed by atoms with Crippen LogP contribution >= 0.6 is 11.6 Å². The number of rotatable bonds is 16. The van der Waals surface area contributed by atoms with Gasteiger partial charge in [0.15, 0.2) is 5.78 Å². The Morgan fingerprint density at radius 2 is 1.82 bits per heavy atom. The number of anilines is 1. The van der Waals surface area contributed by atoms with Crippen LogP contribution in [0.15, 0.2) is 79.3 Å². The number of fused-ring (bicyclic) bond motifs is 2. The molecule has 1 unspecified atom stereocenters. The number of nitrogens with one attached hydrogen (secondary N) is 3. The molecule has 3 N–H and O–H groups in total. The SMILES string of the molecule is CNC(=O)C(CCC=O)N1Cc2c(C#CCCCCCC(=O)N3CCC(Nc4ncnc5[nH]cc(C(=O)c6ccc(Oc7ccccc7)cc6Cl)c45)CC3)cccc2C1=O. The molecule has 7 rings (SSSR count). The maximum Gasteiger partial charge on any atom is 0.255 e. The van der Waals surface area contributed by atoms with Crippen LogP contribution in [0.2, 0.25) is 5.02 Å². The van der Waals surface area contributed by atoms with E-state index in [4.69, 9.17) is 16.3 Å². The number of likely N-dealkylation sites (tertiary alicyclic amines) is 1. The first-order chi connectivity index (χ1) is 29.2. The van der Waals surface area contributed by atoms with Gasteiger partial charge in [0.05, 0.1) is 16.0 Å². The highest BCUT2D eigenvalue weighted by molar-refractivity contribution is 6.35. The fourth-order valence-corrected chi connectivity index (χ4v) is 8.01. The fourth-order valence-electron chi connectivity index (χ4n) is 7.76. The maximum absolute atomic E-state index is 13.8. The summed E-state index contributed by atoms with van der Waals surface area (Å²) in [4.78, 5) is 79.0. The van der Waals surface area contributed by atoms with Gasteiger partial charge in [-0.2, -0.15) is 0 Å². The molecule has 2 aromatic heterocycles. The number of para-hydroxylation sites is 1. The van der Waals surface area contributed by atoms with Crippen LogP contribution < -0.4 is 15.4 Å². The van der Waals surface area contributed by atoms with E-state index in [0.29, 0.717) is 71.0 Å². The van der Waals surface area contributed by atoms with Gasteiger partial charge in [0, 0.05) is 80.9 Å². The summed E-state index contributed by atoms with van der Waals surface area (Å²) >= 11 is 6.60. The highest BCUT2D eigenvalue weighted by Crippen LogP contribution is 2.33. The summed E-state index contributed by atoms with van der Waals surface area (Å²) in [6.07, 6.45) is 9.33. The monoisotopic (exact) mass is 827 g/mol. The van der Waals surface area contributed by atoms with Gasteiger partial charge in [0.2, 0.25) is 11.8 Å². The predicted molar refractivity (Wildman–Crippen MR) is 228 cm³/mol. The zero-order valence-electron chi connectivity index (χ0n) is 33.3. The van der Waals surface area contributed by atoms with Crippen molar-refractivity contribution < 1.29 is 28.7 Å². The average molecular weight is 828 g/mol. The normalized spacial score (nSPS) is 14.3. The third-order valence-corrected chi connectivity index (χ3v) is 11.3. The van der Waals surface area contributed by atoms with Crippen molar-refractivity contribution in [2.24, 2.45) is 0 Å². The van der Waals surface area contributed by atoms with Crippen LogP contribution in [-0.2, 0) is 20.9 Å². The largest absolute Gasteiger partial charge is 0.457 e.